The van der Waals surface area contributed by atoms with Gasteiger partial charge in [-0.25, -0.2) is 4.79 Å². The summed E-state index contributed by atoms with van der Waals surface area (Å²) in [6.07, 6.45) is 7.50. The second-order valence-corrected chi connectivity index (χ2v) is 5.71. The molecule has 5 radical (unpaired) electrons. The molecule has 1 aromatic carbocycles. The van der Waals surface area contributed by atoms with E-state index in [9.17, 15) is 4.79 Å². The maximum Gasteiger partial charge on any atom is 0.408 e. The Morgan fingerprint density at radius 1 is 1.10 bits per heavy atom. The van der Waals surface area contributed by atoms with Gasteiger partial charge in [-0.1, -0.05) is 30.3 Å². The van der Waals surface area contributed by atoms with Gasteiger partial charge >= 0.3 is 6.09 Å². The average molecular weight is 270 g/mol. The minimum absolute atomic E-state index is 0.193. The quantitative estimate of drug-likeness (QED) is 0.910. The van der Waals surface area contributed by atoms with Gasteiger partial charge in [-0.2, -0.15) is 0 Å². The molecule has 0 aliphatic heterocycles. The van der Waals surface area contributed by atoms with Gasteiger partial charge in [-0.3, -0.25) is 0 Å². The molecule has 1 atom stereocenters. The molecular weight excluding hydrogens is 250 g/mol. The lowest BCUT2D eigenvalue weighted by Crippen LogP contribution is -2.37. The van der Waals surface area contributed by atoms with Gasteiger partial charge in [-0.15, -0.1) is 0 Å². The highest BCUT2D eigenvalue weighted by molar-refractivity contribution is 5.69. The molecule has 2 rings (SSSR count). The number of hydrogen-bond acceptors (Lipinski definition) is 2. The monoisotopic (exact) mass is 270 g/mol. The first-order chi connectivity index (χ1) is 9.46. The number of carbonyl (C=O) groups is 1. The fourth-order valence-corrected chi connectivity index (χ4v) is 2.01. The van der Waals surface area contributed by atoms with Crippen molar-refractivity contribution in [3.05, 3.63) is 67.5 Å². The van der Waals surface area contributed by atoms with Gasteiger partial charge in [0, 0.05) is 5.92 Å². The Hall–Kier alpha value is -1.51. The second kappa shape index (κ2) is 6.29. The van der Waals surface area contributed by atoms with E-state index in [1.165, 1.54) is 0 Å². The van der Waals surface area contributed by atoms with E-state index in [4.69, 9.17) is 4.74 Å². The van der Waals surface area contributed by atoms with Crippen LogP contribution in [-0.4, -0.2) is 11.7 Å². The number of alkyl carbamates (subject to hydrolysis) is 1. The van der Waals surface area contributed by atoms with E-state index >= 15 is 0 Å². The zero-order valence-corrected chi connectivity index (χ0v) is 12.1. The Balaban J connectivity index is 2.09. The Labute approximate surface area is 121 Å². The molecule has 105 valence electrons. The minimum atomic E-state index is -0.503. The van der Waals surface area contributed by atoms with Gasteiger partial charge in [-0.05, 0) is 52.0 Å². The third-order valence-corrected chi connectivity index (χ3v) is 2.82. The fraction of sp³-hybridized carbons (Fsp3) is 0.294. The molecule has 3 nitrogen and oxygen atoms in total. The summed E-state index contributed by atoms with van der Waals surface area (Å²) in [5.41, 5.74) is 0.529. The summed E-state index contributed by atoms with van der Waals surface area (Å²) in [7, 11) is 0. The first-order valence-corrected chi connectivity index (χ1v) is 6.72. The number of benzene rings is 1. The molecule has 0 saturated heterocycles. The third-order valence-electron chi connectivity index (χ3n) is 2.82. The van der Waals surface area contributed by atoms with Crippen molar-refractivity contribution in [1.29, 1.82) is 0 Å². The first-order valence-electron chi connectivity index (χ1n) is 6.72. The lowest BCUT2D eigenvalue weighted by Gasteiger charge is -2.27. The van der Waals surface area contributed by atoms with Crippen molar-refractivity contribution in [1.82, 2.24) is 5.32 Å². The summed E-state index contributed by atoms with van der Waals surface area (Å²) in [5.74, 6) is 1.04. The van der Waals surface area contributed by atoms with Crippen LogP contribution in [0.25, 0.3) is 0 Å². The molecule has 1 fully saturated rings. The van der Waals surface area contributed by atoms with Crippen molar-refractivity contribution < 1.29 is 9.53 Å². The Kier molecular flexibility index (Phi) is 4.69. The van der Waals surface area contributed by atoms with Crippen molar-refractivity contribution in [2.45, 2.75) is 32.4 Å². The van der Waals surface area contributed by atoms with Crippen molar-refractivity contribution in [2.24, 2.45) is 0 Å². The summed E-state index contributed by atoms with van der Waals surface area (Å²) >= 11 is 0. The fourth-order valence-electron chi connectivity index (χ4n) is 2.01. The normalized spacial score (nSPS) is 17.8. The number of nitrogens with one attached hydrogen (secondary N) is 1. The average Bonchev–Trinajstić information content (AvgIpc) is 2.88. The molecule has 0 heterocycles. The Morgan fingerprint density at radius 3 is 2.25 bits per heavy atom. The van der Waals surface area contributed by atoms with Crippen molar-refractivity contribution in [3.8, 4) is 0 Å². The first kappa shape index (κ1) is 14.9. The molecule has 1 aromatic rings. The molecule has 1 amide bonds. The summed E-state index contributed by atoms with van der Waals surface area (Å²) in [5, 5.41) is 2.93. The predicted octanol–water partition coefficient (Wildman–Crippen LogP) is 3.66. The summed E-state index contributed by atoms with van der Waals surface area (Å²) in [6.45, 7) is 5.56. The summed E-state index contributed by atoms with van der Waals surface area (Å²) in [6, 6.07) is 9.67. The van der Waals surface area contributed by atoms with Crippen LogP contribution in [0.3, 0.4) is 0 Å². The molecule has 0 aromatic heterocycles. The molecule has 0 spiro atoms. The molecule has 1 aliphatic carbocycles. The molecule has 1 N–H and O–H groups in total. The summed E-state index contributed by atoms with van der Waals surface area (Å²) in [4.78, 5) is 12.0. The standard InChI is InChI=1S/C17H20NO2/c1-17(2,3)20-16(19)18-15(14-11-7-8-12-14)13-9-5-4-6-10-13/h4-12,15H,1-3H3,(H,18,19)/t15-/m1/s1. The Morgan fingerprint density at radius 2 is 1.70 bits per heavy atom. The van der Waals surface area contributed by atoms with E-state index in [-0.39, 0.29) is 6.04 Å². The van der Waals surface area contributed by atoms with Gasteiger partial charge in [0.05, 0.1) is 6.04 Å². The van der Waals surface area contributed by atoms with Crippen LogP contribution in [0, 0.1) is 31.6 Å². The largest absolute Gasteiger partial charge is 0.444 e. The molecule has 1 aliphatic rings. The number of carbonyl (C=O) groups excluding carboxylic acids is 1. The highest BCUT2D eigenvalue weighted by atomic mass is 16.6. The van der Waals surface area contributed by atoms with E-state index in [1.807, 2.05) is 76.8 Å². The number of hydrogen-bond donors (Lipinski definition) is 1. The van der Waals surface area contributed by atoms with E-state index in [2.05, 4.69) is 5.32 Å². The lowest BCUT2D eigenvalue weighted by atomic mass is 9.92. The molecular formula is C17H20NO2. The van der Waals surface area contributed by atoms with Gasteiger partial charge < -0.3 is 10.1 Å². The van der Waals surface area contributed by atoms with Crippen LogP contribution in [-0.2, 0) is 4.74 Å². The number of rotatable bonds is 3. The van der Waals surface area contributed by atoms with Crippen LogP contribution < -0.4 is 5.32 Å². The molecule has 3 heteroatoms. The zero-order valence-electron chi connectivity index (χ0n) is 12.1. The molecule has 0 bridgehead atoms. The van der Waals surface area contributed by atoms with E-state index in [0.29, 0.717) is 0 Å². The van der Waals surface area contributed by atoms with Crippen LogP contribution in [0.4, 0.5) is 4.79 Å². The van der Waals surface area contributed by atoms with Gasteiger partial charge in [0.1, 0.15) is 5.60 Å². The van der Waals surface area contributed by atoms with Gasteiger partial charge in [0.2, 0.25) is 0 Å². The minimum Gasteiger partial charge on any atom is -0.444 e. The third kappa shape index (κ3) is 4.26. The predicted molar refractivity (Wildman–Crippen MR) is 79.0 cm³/mol. The van der Waals surface area contributed by atoms with Gasteiger partial charge in [0.25, 0.3) is 0 Å². The smallest absolute Gasteiger partial charge is 0.408 e. The van der Waals surface area contributed by atoms with Crippen LogP contribution in [0.1, 0.15) is 32.4 Å². The molecule has 20 heavy (non-hydrogen) atoms. The molecule has 0 unspecified atom stereocenters. The SMILES string of the molecule is CC(C)(C)OC(=O)N[C@@H]([C]1[CH][CH][CH][CH]1)c1ccccc1. The maximum atomic E-state index is 12.0. The van der Waals surface area contributed by atoms with Crippen LogP contribution in [0.2, 0.25) is 0 Å². The van der Waals surface area contributed by atoms with Crippen molar-refractivity contribution in [2.75, 3.05) is 0 Å². The lowest BCUT2D eigenvalue weighted by molar-refractivity contribution is 0.0508. The van der Waals surface area contributed by atoms with Crippen LogP contribution in [0.5, 0.6) is 0 Å². The van der Waals surface area contributed by atoms with E-state index in [1.54, 1.807) is 0 Å². The van der Waals surface area contributed by atoms with Gasteiger partial charge in [0.15, 0.2) is 0 Å². The highest BCUT2D eigenvalue weighted by Crippen LogP contribution is 2.35. The molecule has 1 saturated carbocycles. The van der Waals surface area contributed by atoms with E-state index in [0.717, 1.165) is 11.5 Å². The van der Waals surface area contributed by atoms with Crippen LogP contribution >= 0.6 is 0 Å². The highest BCUT2D eigenvalue weighted by Gasteiger charge is 2.30. The second-order valence-electron chi connectivity index (χ2n) is 5.71. The topological polar surface area (TPSA) is 38.3 Å². The number of ether oxygens (including phenoxy) is 1. The van der Waals surface area contributed by atoms with Crippen molar-refractivity contribution in [3.63, 3.8) is 0 Å². The van der Waals surface area contributed by atoms with E-state index < -0.39 is 11.7 Å². The maximum absolute atomic E-state index is 12.0. The van der Waals surface area contributed by atoms with Crippen molar-refractivity contribution >= 4 is 6.09 Å². The number of amides is 1. The Bertz CT molecular complexity index is 430. The van der Waals surface area contributed by atoms with Crippen LogP contribution in [0.15, 0.2) is 30.3 Å². The zero-order chi connectivity index (χ0) is 14.6. The summed E-state index contributed by atoms with van der Waals surface area (Å²) < 4.78 is 5.34.